The smallest absolute Gasteiger partial charge is 0.351 e. The minimum Gasteiger partial charge on any atom is -0.462 e. The number of hydrogen-bond acceptors (Lipinski definition) is 5. The Kier molecular flexibility index (Phi) is 5.56. The summed E-state index contributed by atoms with van der Waals surface area (Å²) in [5, 5.41) is 2.75. The molecule has 104 valence electrons. The van der Waals surface area contributed by atoms with Gasteiger partial charge >= 0.3 is 5.97 Å². The Bertz CT molecular complexity index is 578. The van der Waals surface area contributed by atoms with Gasteiger partial charge in [0.2, 0.25) is 0 Å². The standard InChI is InChI=1S/C12H14BrNO4S/c1-3-18-12(15)11(19(2,16)17)8-14-10-6-4-9(13)5-7-10/h4-8,14H,3H2,1-2H3/b11-8-. The summed E-state index contributed by atoms with van der Waals surface area (Å²) < 4.78 is 28.6. The zero-order valence-electron chi connectivity index (χ0n) is 10.5. The Morgan fingerprint density at radius 2 is 1.95 bits per heavy atom. The molecule has 0 aliphatic heterocycles. The van der Waals surface area contributed by atoms with Gasteiger partial charge in [-0.1, -0.05) is 15.9 Å². The number of ether oxygens (including phenoxy) is 1. The van der Waals surface area contributed by atoms with Crippen molar-refractivity contribution in [3.05, 3.63) is 39.8 Å². The number of esters is 1. The molecule has 0 saturated heterocycles. The molecule has 1 aromatic rings. The number of halogens is 1. The molecule has 7 heteroatoms. The van der Waals surface area contributed by atoms with E-state index in [-0.39, 0.29) is 6.61 Å². The van der Waals surface area contributed by atoms with Crippen molar-refractivity contribution >= 4 is 37.4 Å². The van der Waals surface area contributed by atoms with E-state index in [2.05, 4.69) is 21.2 Å². The Morgan fingerprint density at radius 3 is 2.42 bits per heavy atom. The quantitative estimate of drug-likeness (QED) is 0.653. The van der Waals surface area contributed by atoms with Gasteiger partial charge in [0, 0.05) is 22.6 Å². The van der Waals surface area contributed by atoms with E-state index in [0.29, 0.717) is 5.69 Å². The molecule has 0 heterocycles. The molecule has 0 aliphatic rings. The first-order valence-electron chi connectivity index (χ1n) is 5.44. The van der Waals surface area contributed by atoms with Crippen LogP contribution in [0.15, 0.2) is 39.8 Å². The van der Waals surface area contributed by atoms with Crippen LogP contribution in [0, 0.1) is 0 Å². The zero-order chi connectivity index (χ0) is 14.5. The number of carbonyl (C=O) groups excluding carboxylic acids is 1. The third kappa shape index (κ3) is 5.04. The number of carbonyl (C=O) groups is 1. The average molecular weight is 348 g/mol. The molecule has 0 aromatic heterocycles. The molecule has 0 aliphatic carbocycles. The highest BCUT2D eigenvalue weighted by atomic mass is 79.9. The van der Waals surface area contributed by atoms with Crippen LogP contribution in [0.1, 0.15) is 6.92 Å². The van der Waals surface area contributed by atoms with Crippen molar-refractivity contribution in [2.24, 2.45) is 0 Å². The van der Waals surface area contributed by atoms with Crippen LogP contribution in [0.4, 0.5) is 5.69 Å². The zero-order valence-corrected chi connectivity index (χ0v) is 12.9. The molecule has 5 nitrogen and oxygen atoms in total. The minimum absolute atomic E-state index is 0.115. The molecule has 19 heavy (non-hydrogen) atoms. The van der Waals surface area contributed by atoms with Crippen molar-refractivity contribution < 1.29 is 17.9 Å². The first-order valence-corrected chi connectivity index (χ1v) is 8.12. The van der Waals surface area contributed by atoms with Crippen molar-refractivity contribution in [2.75, 3.05) is 18.2 Å². The Morgan fingerprint density at radius 1 is 1.37 bits per heavy atom. The first-order chi connectivity index (χ1) is 8.84. The lowest BCUT2D eigenvalue weighted by molar-refractivity contribution is -0.137. The second-order valence-electron chi connectivity index (χ2n) is 3.65. The fourth-order valence-electron chi connectivity index (χ4n) is 1.21. The summed E-state index contributed by atoms with van der Waals surface area (Å²) in [6, 6.07) is 7.07. The molecule has 0 atom stereocenters. The van der Waals surface area contributed by atoms with Gasteiger partial charge in [0.1, 0.15) is 0 Å². The molecule has 0 spiro atoms. The van der Waals surface area contributed by atoms with Gasteiger partial charge in [0.25, 0.3) is 0 Å². The van der Waals surface area contributed by atoms with E-state index in [1.54, 1.807) is 31.2 Å². The van der Waals surface area contributed by atoms with E-state index in [9.17, 15) is 13.2 Å². The minimum atomic E-state index is -3.65. The summed E-state index contributed by atoms with van der Waals surface area (Å²) in [4.78, 5) is 11.1. The van der Waals surface area contributed by atoms with E-state index in [4.69, 9.17) is 4.74 Å². The van der Waals surface area contributed by atoms with Crippen molar-refractivity contribution in [1.29, 1.82) is 0 Å². The molecule has 0 amide bonds. The van der Waals surface area contributed by atoms with Crippen LogP contribution in [0.2, 0.25) is 0 Å². The van der Waals surface area contributed by atoms with Gasteiger partial charge in [-0.25, -0.2) is 13.2 Å². The average Bonchev–Trinajstić information content (AvgIpc) is 2.30. The van der Waals surface area contributed by atoms with Crippen molar-refractivity contribution in [1.82, 2.24) is 0 Å². The number of nitrogens with one attached hydrogen (secondary N) is 1. The predicted molar refractivity (Wildman–Crippen MR) is 77.3 cm³/mol. The number of rotatable bonds is 5. The Balaban J connectivity index is 2.96. The maximum Gasteiger partial charge on any atom is 0.351 e. The summed E-state index contributed by atoms with van der Waals surface area (Å²) in [7, 11) is -3.65. The summed E-state index contributed by atoms with van der Waals surface area (Å²) in [5.41, 5.74) is 0.661. The third-order valence-electron chi connectivity index (χ3n) is 2.09. The maximum atomic E-state index is 11.5. The molecular weight excluding hydrogens is 334 g/mol. The van der Waals surface area contributed by atoms with Gasteiger partial charge in [0.15, 0.2) is 14.7 Å². The lowest BCUT2D eigenvalue weighted by Gasteiger charge is -2.06. The monoisotopic (exact) mass is 347 g/mol. The largest absolute Gasteiger partial charge is 0.462 e. The topological polar surface area (TPSA) is 72.5 Å². The second kappa shape index (κ2) is 6.72. The predicted octanol–water partition coefficient (Wildman–Crippen LogP) is 2.31. The SMILES string of the molecule is CCOC(=O)/C(=C/Nc1ccc(Br)cc1)S(C)(=O)=O. The number of benzene rings is 1. The molecule has 0 unspecified atom stereocenters. The van der Waals surface area contributed by atoms with Crippen molar-refractivity contribution in [3.63, 3.8) is 0 Å². The second-order valence-corrected chi connectivity index (χ2v) is 6.55. The van der Waals surface area contributed by atoms with Gasteiger partial charge in [-0.05, 0) is 31.2 Å². The molecule has 1 N–H and O–H groups in total. The van der Waals surface area contributed by atoms with E-state index < -0.39 is 20.7 Å². The molecule has 0 saturated carbocycles. The van der Waals surface area contributed by atoms with Crippen LogP contribution in [0.5, 0.6) is 0 Å². The third-order valence-corrected chi connectivity index (χ3v) is 3.70. The number of anilines is 1. The molecule has 0 radical (unpaired) electrons. The van der Waals surface area contributed by atoms with E-state index >= 15 is 0 Å². The van der Waals surface area contributed by atoms with Gasteiger partial charge in [-0.15, -0.1) is 0 Å². The van der Waals surface area contributed by atoms with Crippen LogP contribution in [0.3, 0.4) is 0 Å². The first kappa shape index (κ1) is 15.7. The molecule has 1 rings (SSSR count). The normalized spacial score (nSPS) is 12.1. The van der Waals surface area contributed by atoms with Gasteiger partial charge in [-0.3, -0.25) is 0 Å². The van der Waals surface area contributed by atoms with Gasteiger partial charge in [-0.2, -0.15) is 0 Å². The van der Waals surface area contributed by atoms with Crippen LogP contribution in [-0.4, -0.2) is 27.2 Å². The molecule has 0 fully saturated rings. The van der Waals surface area contributed by atoms with Gasteiger partial charge < -0.3 is 10.1 Å². The van der Waals surface area contributed by atoms with Crippen LogP contribution >= 0.6 is 15.9 Å². The molecular formula is C12H14BrNO4S. The summed E-state index contributed by atoms with van der Waals surface area (Å²) in [6.45, 7) is 1.73. The summed E-state index contributed by atoms with van der Waals surface area (Å²) >= 11 is 3.29. The highest BCUT2D eigenvalue weighted by Crippen LogP contribution is 2.15. The molecule has 1 aromatic carbocycles. The van der Waals surface area contributed by atoms with Crippen LogP contribution in [0.25, 0.3) is 0 Å². The summed E-state index contributed by atoms with van der Waals surface area (Å²) in [5.74, 6) is -0.866. The highest BCUT2D eigenvalue weighted by molar-refractivity contribution is 9.10. The van der Waals surface area contributed by atoms with E-state index in [1.165, 1.54) is 0 Å². The van der Waals surface area contributed by atoms with E-state index in [1.807, 2.05) is 0 Å². The Labute approximate surface area is 120 Å². The number of sulfone groups is 1. The van der Waals surface area contributed by atoms with Gasteiger partial charge in [0.05, 0.1) is 6.61 Å². The Hall–Kier alpha value is -1.34. The summed E-state index contributed by atoms with van der Waals surface area (Å²) in [6.07, 6.45) is 2.09. The highest BCUT2D eigenvalue weighted by Gasteiger charge is 2.21. The number of hydrogen-bond donors (Lipinski definition) is 1. The fraction of sp³-hybridized carbons (Fsp3) is 0.250. The van der Waals surface area contributed by atoms with Crippen molar-refractivity contribution in [3.8, 4) is 0 Å². The maximum absolute atomic E-state index is 11.5. The van der Waals surface area contributed by atoms with Crippen LogP contribution in [-0.2, 0) is 19.4 Å². The lowest BCUT2D eigenvalue weighted by atomic mass is 10.3. The van der Waals surface area contributed by atoms with E-state index in [0.717, 1.165) is 16.9 Å². The molecule has 0 bridgehead atoms. The lowest BCUT2D eigenvalue weighted by Crippen LogP contribution is -2.16. The fourth-order valence-corrected chi connectivity index (χ4v) is 2.11. The van der Waals surface area contributed by atoms with Crippen LogP contribution < -0.4 is 5.32 Å². The van der Waals surface area contributed by atoms with Crippen molar-refractivity contribution in [2.45, 2.75) is 6.92 Å².